The van der Waals surface area contributed by atoms with Crippen LogP contribution >= 0.6 is 0 Å². The van der Waals surface area contributed by atoms with Crippen LogP contribution in [0.5, 0.6) is 17.4 Å². The predicted octanol–water partition coefficient (Wildman–Crippen LogP) is 4.71. The minimum atomic E-state index is -2.82. The Balaban J connectivity index is 0.876. The van der Waals surface area contributed by atoms with Crippen LogP contribution in [-0.2, 0) is 13.0 Å². The number of ether oxygens (including phenoxy) is 2. The second-order valence-electron chi connectivity index (χ2n) is 16.4. The summed E-state index contributed by atoms with van der Waals surface area (Å²) in [5, 5.41) is 18.1. The molecule has 1 spiro atoms. The maximum atomic E-state index is 14.5. The molecule has 0 bridgehead atoms. The van der Waals surface area contributed by atoms with E-state index < -0.39 is 42.1 Å². The Labute approximate surface area is 307 Å². The zero-order valence-corrected chi connectivity index (χ0v) is 30.5. The van der Waals surface area contributed by atoms with Crippen LogP contribution in [0.1, 0.15) is 74.5 Å². The summed E-state index contributed by atoms with van der Waals surface area (Å²) in [6, 6.07) is 4.54. The van der Waals surface area contributed by atoms with Gasteiger partial charge in [-0.1, -0.05) is 0 Å². The molecule has 3 aromatic rings. The number of amides is 1. The molecular weight excluding hydrogens is 689 g/mol. The minimum Gasteiger partial charge on any atom is -0.490 e. The number of aromatic nitrogens is 4. The lowest BCUT2D eigenvalue weighted by molar-refractivity contribution is -0.120. The second kappa shape index (κ2) is 13.6. The van der Waals surface area contributed by atoms with Crippen molar-refractivity contribution in [3.63, 3.8) is 0 Å². The van der Waals surface area contributed by atoms with Crippen LogP contribution < -0.4 is 14.4 Å². The van der Waals surface area contributed by atoms with Gasteiger partial charge < -0.3 is 24.4 Å². The average molecular weight is 737 g/mol. The van der Waals surface area contributed by atoms with E-state index in [1.54, 1.807) is 13.8 Å². The van der Waals surface area contributed by atoms with E-state index in [4.69, 9.17) is 9.47 Å². The number of β-amino-alcohol motifs (C(OH)–C–C–N with tert-alkyl or cyclic N) is 1. The number of rotatable bonds is 12. The number of carbonyl (C=O) groups excluding carboxylic acids is 1. The van der Waals surface area contributed by atoms with Crippen molar-refractivity contribution in [2.75, 3.05) is 50.7 Å². The normalized spacial score (nSPS) is 22.0. The number of likely N-dealkylation sites (tertiary alicyclic amines) is 1. The summed E-state index contributed by atoms with van der Waals surface area (Å²) in [6.07, 6.45) is 6.13. The first-order chi connectivity index (χ1) is 25.3. The Morgan fingerprint density at radius 3 is 2.51 bits per heavy atom. The van der Waals surface area contributed by atoms with E-state index >= 15 is 0 Å². The number of hydrogen-bond donors (Lipinski definition) is 1. The van der Waals surface area contributed by atoms with Crippen LogP contribution in [0.4, 0.5) is 19.0 Å². The molecule has 5 heterocycles. The highest BCUT2D eigenvalue weighted by molar-refractivity contribution is 5.97. The highest BCUT2D eigenvalue weighted by Gasteiger charge is 2.55. The fourth-order valence-corrected chi connectivity index (χ4v) is 8.89. The van der Waals surface area contributed by atoms with Gasteiger partial charge in [0.1, 0.15) is 29.7 Å². The monoisotopic (exact) mass is 736 g/mol. The van der Waals surface area contributed by atoms with Crippen LogP contribution in [0, 0.1) is 11.2 Å². The van der Waals surface area contributed by atoms with Gasteiger partial charge in [0.05, 0.1) is 11.2 Å². The fourth-order valence-electron chi connectivity index (χ4n) is 8.89. The lowest BCUT2D eigenvalue weighted by atomic mass is 9.61. The molecule has 284 valence electrons. The molecule has 8 rings (SSSR count). The lowest BCUT2D eigenvalue weighted by Crippen LogP contribution is -2.65. The Morgan fingerprint density at radius 1 is 1.04 bits per heavy atom. The Kier molecular flexibility index (Phi) is 9.25. The third-order valence-corrected chi connectivity index (χ3v) is 11.4. The van der Waals surface area contributed by atoms with Crippen molar-refractivity contribution in [1.82, 2.24) is 34.9 Å². The third-order valence-electron chi connectivity index (χ3n) is 11.4. The molecular formula is C38H47F3N8O4. The van der Waals surface area contributed by atoms with Crippen LogP contribution in [0.25, 0.3) is 0 Å². The molecule has 15 heteroatoms. The van der Waals surface area contributed by atoms with Gasteiger partial charge in [0.25, 0.3) is 17.7 Å². The summed E-state index contributed by atoms with van der Waals surface area (Å²) < 4.78 is 54.7. The van der Waals surface area contributed by atoms with Crippen LogP contribution in [0.15, 0.2) is 36.8 Å². The number of hydrogen-bond acceptors (Lipinski definition) is 11. The molecule has 2 saturated carbocycles. The SMILES string of the molecule is CC(C)N(C(=O)c1cc(F)ccc1Oc1nncnc1N1CC2(CC(Oc3ccnc4c3CN(CCCN3CC(C)(O)C3)CC4)C2)C1)C1CC(F)(F)C1. The van der Waals surface area contributed by atoms with E-state index in [0.717, 1.165) is 82.5 Å². The highest BCUT2D eigenvalue weighted by atomic mass is 19.3. The van der Waals surface area contributed by atoms with E-state index in [9.17, 15) is 23.1 Å². The molecule has 2 aliphatic carbocycles. The van der Waals surface area contributed by atoms with Crippen LogP contribution in [0.3, 0.4) is 0 Å². The molecule has 12 nitrogen and oxygen atoms in total. The van der Waals surface area contributed by atoms with Gasteiger partial charge in [-0.3, -0.25) is 19.6 Å². The third kappa shape index (κ3) is 7.39. The molecule has 3 aliphatic heterocycles. The molecule has 0 atom stereocenters. The van der Waals surface area contributed by atoms with E-state index in [1.807, 2.05) is 19.2 Å². The lowest BCUT2D eigenvalue weighted by Gasteiger charge is -2.58. The fraction of sp³-hybridized carbons (Fsp3) is 0.605. The maximum Gasteiger partial charge on any atom is 0.282 e. The molecule has 2 aromatic heterocycles. The van der Waals surface area contributed by atoms with Crippen molar-refractivity contribution in [3.05, 3.63) is 59.4 Å². The van der Waals surface area contributed by atoms with E-state index in [0.29, 0.717) is 18.9 Å². The Hall–Kier alpha value is -4.08. The van der Waals surface area contributed by atoms with E-state index in [2.05, 4.69) is 34.9 Å². The van der Waals surface area contributed by atoms with Crippen molar-refractivity contribution in [2.45, 2.75) is 95.6 Å². The molecule has 1 amide bonds. The summed E-state index contributed by atoms with van der Waals surface area (Å²) in [5.74, 6) is -2.55. The molecule has 1 aromatic carbocycles. The zero-order chi connectivity index (χ0) is 37.1. The maximum absolute atomic E-state index is 14.5. The first kappa shape index (κ1) is 35.9. The van der Waals surface area contributed by atoms with Gasteiger partial charge in [0.2, 0.25) is 0 Å². The number of fused-ring (bicyclic) bond motifs is 1. The number of halogens is 3. The first-order valence-corrected chi connectivity index (χ1v) is 18.7. The number of nitrogens with zero attached hydrogens (tertiary/aromatic N) is 8. The number of pyridine rings is 1. The summed E-state index contributed by atoms with van der Waals surface area (Å²) in [7, 11) is 0. The molecule has 0 unspecified atom stereocenters. The molecule has 2 saturated heterocycles. The Morgan fingerprint density at radius 2 is 1.79 bits per heavy atom. The largest absolute Gasteiger partial charge is 0.490 e. The Bertz CT molecular complexity index is 1830. The predicted molar refractivity (Wildman–Crippen MR) is 189 cm³/mol. The van der Waals surface area contributed by atoms with Gasteiger partial charge >= 0.3 is 0 Å². The van der Waals surface area contributed by atoms with Gasteiger partial charge in [-0.25, -0.2) is 18.2 Å². The van der Waals surface area contributed by atoms with Crippen LogP contribution in [0.2, 0.25) is 0 Å². The molecule has 53 heavy (non-hydrogen) atoms. The van der Waals surface area contributed by atoms with E-state index in [1.165, 1.54) is 28.9 Å². The summed E-state index contributed by atoms with van der Waals surface area (Å²) in [4.78, 5) is 31.0. The van der Waals surface area contributed by atoms with Crippen molar-refractivity contribution in [2.24, 2.45) is 5.41 Å². The standard InChI is InChI=1S/C38H47F3N8O4/c1-24(2)49(26-14-38(40,41)15-26)35(50)28-13-25(39)5-6-31(28)53-34-33(43-23-44-45-34)48-21-37(22-48)16-27(17-37)52-32-7-9-42-30-8-12-46(18-29(30)32)10-4-11-47-19-36(3,51)20-47/h5-7,9,13,23-24,26-27,51H,4,8,10-12,14-22H2,1-3H3. The topological polar surface area (TPSA) is 120 Å². The van der Waals surface area contributed by atoms with Gasteiger partial charge in [-0.05, 0) is 77.4 Å². The van der Waals surface area contributed by atoms with Crippen LogP contribution in [-0.4, -0.2) is 121 Å². The highest BCUT2D eigenvalue weighted by Crippen LogP contribution is 2.52. The van der Waals surface area contributed by atoms with Crippen molar-refractivity contribution in [1.29, 1.82) is 0 Å². The van der Waals surface area contributed by atoms with Gasteiger partial charge in [-0.15, -0.1) is 10.2 Å². The number of benzene rings is 1. The molecule has 0 radical (unpaired) electrons. The smallest absolute Gasteiger partial charge is 0.282 e. The average Bonchev–Trinajstić information content (AvgIpc) is 3.04. The number of alkyl halides is 2. The number of aliphatic hydroxyl groups is 1. The quantitative estimate of drug-likeness (QED) is 0.279. The molecule has 5 aliphatic rings. The molecule has 1 N–H and O–H groups in total. The first-order valence-electron chi connectivity index (χ1n) is 18.7. The second-order valence-corrected chi connectivity index (χ2v) is 16.4. The molecule has 4 fully saturated rings. The summed E-state index contributed by atoms with van der Waals surface area (Å²) in [6.45, 7) is 12.1. The summed E-state index contributed by atoms with van der Waals surface area (Å²) in [5.41, 5.74) is 1.73. The van der Waals surface area contributed by atoms with Gasteiger partial charge in [0, 0.05) is 93.5 Å². The van der Waals surface area contributed by atoms with Crippen molar-refractivity contribution >= 4 is 11.7 Å². The van der Waals surface area contributed by atoms with Gasteiger partial charge in [-0.2, -0.15) is 0 Å². The van der Waals surface area contributed by atoms with Crippen molar-refractivity contribution < 1.29 is 32.5 Å². The zero-order valence-electron chi connectivity index (χ0n) is 30.5. The number of carbonyl (C=O) groups is 1. The van der Waals surface area contributed by atoms with E-state index in [-0.39, 0.29) is 34.8 Å². The number of anilines is 1. The van der Waals surface area contributed by atoms with Gasteiger partial charge in [0.15, 0.2) is 5.82 Å². The minimum absolute atomic E-state index is 0.0497. The summed E-state index contributed by atoms with van der Waals surface area (Å²) >= 11 is 0. The van der Waals surface area contributed by atoms with Crippen molar-refractivity contribution in [3.8, 4) is 17.4 Å².